The summed E-state index contributed by atoms with van der Waals surface area (Å²) in [7, 11) is 0. The van der Waals surface area contributed by atoms with E-state index in [1.807, 2.05) is 13.8 Å². The van der Waals surface area contributed by atoms with E-state index in [0.29, 0.717) is 56.4 Å². The molecule has 0 spiro atoms. The molecule has 6 fully saturated rings. The van der Waals surface area contributed by atoms with Crippen LogP contribution in [-0.4, -0.2) is 114 Å². The zero-order valence-electron chi connectivity index (χ0n) is 35.4. The molecule has 0 aromatic rings. The van der Waals surface area contributed by atoms with Crippen LogP contribution in [0.3, 0.4) is 0 Å². The molecular weight excluding hydrogens is 700 g/mol. The Morgan fingerprint density at radius 3 is 1.16 bits per heavy atom. The lowest BCUT2D eigenvalue weighted by atomic mass is 9.76. The van der Waals surface area contributed by atoms with Crippen LogP contribution in [0.5, 0.6) is 0 Å². The zero-order valence-corrected chi connectivity index (χ0v) is 35.4. The summed E-state index contributed by atoms with van der Waals surface area (Å²) in [6, 6.07) is 0. The lowest BCUT2D eigenvalue weighted by Gasteiger charge is -2.35. The maximum absolute atomic E-state index is 6.33. The van der Waals surface area contributed by atoms with Crippen molar-refractivity contribution in [3.63, 3.8) is 0 Å². The Bertz CT molecular complexity index is 1010. The molecule has 0 N–H and O–H groups in total. The minimum absolute atomic E-state index is 0.0327. The first-order valence-corrected chi connectivity index (χ1v) is 23.0. The number of hydrogen-bond acceptors (Lipinski definition) is 10. The van der Waals surface area contributed by atoms with Crippen LogP contribution in [0.15, 0.2) is 0 Å². The van der Waals surface area contributed by atoms with E-state index in [1.54, 1.807) is 0 Å². The van der Waals surface area contributed by atoms with E-state index in [2.05, 4.69) is 20.8 Å². The Hall–Kier alpha value is -0.400. The van der Waals surface area contributed by atoms with Gasteiger partial charge in [-0.3, -0.25) is 0 Å². The summed E-state index contributed by atoms with van der Waals surface area (Å²) in [5.74, 6) is 3.43. The minimum Gasteiger partial charge on any atom is -0.375 e. The molecular formula is C45H80O10. The highest BCUT2D eigenvalue weighted by Gasteiger charge is 2.32. The Morgan fingerprint density at radius 1 is 0.418 bits per heavy atom. The first kappa shape index (κ1) is 44.2. The van der Waals surface area contributed by atoms with Crippen LogP contribution in [0.2, 0.25) is 0 Å². The van der Waals surface area contributed by atoms with Crippen LogP contribution in [0.25, 0.3) is 0 Å². The molecule has 0 radical (unpaired) electrons. The van der Waals surface area contributed by atoms with E-state index in [9.17, 15) is 0 Å². The molecule has 10 nitrogen and oxygen atoms in total. The van der Waals surface area contributed by atoms with Crippen molar-refractivity contribution in [3.8, 4) is 0 Å². The van der Waals surface area contributed by atoms with Crippen LogP contribution < -0.4 is 0 Å². The van der Waals surface area contributed by atoms with Gasteiger partial charge in [-0.15, -0.1) is 0 Å². The topological polar surface area (TPSA) is 98.9 Å². The molecule has 4 aliphatic carbocycles. The highest BCUT2D eigenvalue weighted by atomic mass is 16.7. The molecule has 7 unspecified atom stereocenters. The van der Waals surface area contributed by atoms with Gasteiger partial charge in [0, 0.05) is 0 Å². The smallest absolute Gasteiger partial charge is 0.155 e. The summed E-state index contributed by atoms with van der Waals surface area (Å²) in [6.07, 6.45) is 24.3. The maximum atomic E-state index is 6.33. The second kappa shape index (κ2) is 23.4. The second-order valence-corrected chi connectivity index (χ2v) is 18.6. The Balaban J connectivity index is 0.722. The maximum Gasteiger partial charge on any atom is 0.155 e. The molecule has 0 amide bonds. The normalized spacial score (nSPS) is 36.8. The average molecular weight is 781 g/mol. The number of ether oxygens (including phenoxy) is 10. The highest BCUT2D eigenvalue weighted by molar-refractivity contribution is 4.82. The third-order valence-electron chi connectivity index (χ3n) is 13.3. The first-order valence-electron chi connectivity index (χ1n) is 23.0. The molecule has 7 atom stereocenters. The van der Waals surface area contributed by atoms with Crippen LogP contribution in [0, 0.1) is 23.7 Å². The fraction of sp³-hybridized carbons (Fsp3) is 1.00. The SMILES string of the molecule is CC(COC(C)COC(C)OC1CCC(CC2CCC(OCC3CO3)CC2)CC1)OCC(C)OC(C)OC1CCC(CC2CCC(OCC3CO3)CC2)CC1. The van der Waals surface area contributed by atoms with Crippen molar-refractivity contribution >= 4 is 0 Å². The van der Waals surface area contributed by atoms with Gasteiger partial charge in [0.1, 0.15) is 12.2 Å². The predicted molar refractivity (Wildman–Crippen MR) is 212 cm³/mol. The molecule has 0 aromatic heterocycles. The van der Waals surface area contributed by atoms with Crippen molar-refractivity contribution in [2.45, 2.75) is 218 Å². The van der Waals surface area contributed by atoms with Crippen molar-refractivity contribution in [1.29, 1.82) is 0 Å². The van der Waals surface area contributed by atoms with Gasteiger partial charge in [0.05, 0.1) is 89.0 Å². The van der Waals surface area contributed by atoms with Crippen molar-refractivity contribution in [3.05, 3.63) is 0 Å². The Kier molecular flexibility index (Phi) is 18.8. The van der Waals surface area contributed by atoms with Gasteiger partial charge in [-0.1, -0.05) is 0 Å². The van der Waals surface area contributed by atoms with Crippen LogP contribution in [0.4, 0.5) is 0 Å². The standard InChI is InChI=1S/C45H80O10/c1-31(47-26-33(3)53-35(5)55-43-20-12-39(13-21-43)23-37-8-16-41(17-9-37)50-28-45-30-52-45)24-46-32(2)25-48-34(4)54-42-18-10-38(11-19-42)22-36-6-14-40(15-7-36)49-27-44-29-51-44/h31-45H,6-30H2,1-5H3. The summed E-state index contributed by atoms with van der Waals surface area (Å²) < 4.78 is 59.7. The Morgan fingerprint density at radius 2 is 0.764 bits per heavy atom. The number of rotatable bonds is 25. The molecule has 2 saturated heterocycles. The Labute approximate surface area is 334 Å². The van der Waals surface area contributed by atoms with E-state index in [4.69, 9.17) is 47.4 Å². The van der Waals surface area contributed by atoms with Crippen LogP contribution in [0.1, 0.15) is 150 Å². The highest BCUT2D eigenvalue weighted by Crippen LogP contribution is 2.38. The number of hydrogen-bond donors (Lipinski definition) is 0. The van der Waals surface area contributed by atoms with Crippen molar-refractivity contribution in [1.82, 2.24) is 0 Å². The van der Waals surface area contributed by atoms with Crippen molar-refractivity contribution in [2.24, 2.45) is 23.7 Å². The summed E-state index contributed by atoms with van der Waals surface area (Å²) in [6.45, 7) is 15.1. The summed E-state index contributed by atoms with van der Waals surface area (Å²) >= 11 is 0. The van der Waals surface area contributed by atoms with Crippen LogP contribution >= 0.6 is 0 Å². The molecule has 2 heterocycles. The van der Waals surface area contributed by atoms with Crippen molar-refractivity contribution < 1.29 is 47.4 Å². The molecule has 4 saturated carbocycles. The summed E-state index contributed by atoms with van der Waals surface area (Å²) in [4.78, 5) is 0. The molecule has 320 valence electrons. The van der Waals surface area contributed by atoms with Crippen LogP contribution in [-0.2, 0) is 47.4 Å². The largest absolute Gasteiger partial charge is 0.375 e. The zero-order chi connectivity index (χ0) is 38.4. The first-order chi connectivity index (χ1) is 26.7. The number of epoxide rings is 2. The molecule has 6 aliphatic rings. The molecule has 6 rings (SSSR count). The minimum atomic E-state index is -0.233. The van der Waals surface area contributed by atoms with Gasteiger partial charge < -0.3 is 47.4 Å². The van der Waals surface area contributed by atoms with Gasteiger partial charge in [0.2, 0.25) is 0 Å². The van der Waals surface area contributed by atoms with Gasteiger partial charge in [-0.2, -0.15) is 0 Å². The fourth-order valence-corrected chi connectivity index (χ4v) is 9.78. The fourth-order valence-electron chi connectivity index (χ4n) is 9.78. The van der Waals surface area contributed by atoms with E-state index >= 15 is 0 Å². The molecule has 10 heteroatoms. The lowest BCUT2D eigenvalue weighted by Crippen LogP contribution is -2.32. The third kappa shape index (κ3) is 17.4. The monoisotopic (exact) mass is 781 g/mol. The van der Waals surface area contributed by atoms with E-state index in [1.165, 1.54) is 89.9 Å². The third-order valence-corrected chi connectivity index (χ3v) is 13.3. The van der Waals surface area contributed by atoms with Gasteiger partial charge in [-0.05, 0) is 174 Å². The lowest BCUT2D eigenvalue weighted by molar-refractivity contribution is -0.201. The predicted octanol–water partition coefficient (Wildman–Crippen LogP) is 8.79. The van der Waals surface area contributed by atoms with E-state index in [-0.39, 0.29) is 30.9 Å². The molecule has 2 aliphatic heterocycles. The average Bonchev–Trinajstić information content (AvgIpc) is 4.13. The molecule has 0 aromatic carbocycles. The van der Waals surface area contributed by atoms with E-state index < -0.39 is 0 Å². The van der Waals surface area contributed by atoms with Gasteiger partial charge >= 0.3 is 0 Å². The second-order valence-electron chi connectivity index (χ2n) is 18.6. The summed E-state index contributed by atoms with van der Waals surface area (Å²) in [5, 5.41) is 0. The molecule has 55 heavy (non-hydrogen) atoms. The molecule has 0 bridgehead atoms. The van der Waals surface area contributed by atoms with Gasteiger partial charge in [0.25, 0.3) is 0 Å². The van der Waals surface area contributed by atoms with Gasteiger partial charge in [0.15, 0.2) is 12.6 Å². The van der Waals surface area contributed by atoms with Crippen molar-refractivity contribution in [2.75, 3.05) is 46.2 Å². The summed E-state index contributed by atoms with van der Waals surface area (Å²) in [5.41, 5.74) is 0. The van der Waals surface area contributed by atoms with Gasteiger partial charge in [-0.25, -0.2) is 0 Å². The quantitative estimate of drug-likeness (QED) is 0.0661. The van der Waals surface area contributed by atoms with E-state index in [0.717, 1.165) is 75.8 Å².